The van der Waals surface area contributed by atoms with Gasteiger partial charge in [-0.05, 0) is 61.9 Å². The van der Waals surface area contributed by atoms with Crippen molar-refractivity contribution < 1.29 is 9.15 Å². The lowest BCUT2D eigenvalue weighted by molar-refractivity contribution is 0.414. The fourth-order valence-corrected chi connectivity index (χ4v) is 3.61. The zero-order valence-corrected chi connectivity index (χ0v) is 16.7. The second kappa shape index (κ2) is 7.90. The summed E-state index contributed by atoms with van der Waals surface area (Å²) in [5, 5.41) is 13.3. The molecule has 0 N–H and O–H groups in total. The van der Waals surface area contributed by atoms with Crippen molar-refractivity contribution in [2.24, 2.45) is 0 Å². The number of thioether (sulfide) groups is 1. The summed E-state index contributed by atoms with van der Waals surface area (Å²) in [5.41, 5.74) is 5.24. The monoisotopic (exact) mass is 392 g/mol. The molecule has 4 rings (SSSR count). The van der Waals surface area contributed by atoms with Crippen LogP contribution >= 0.6 is 11.8 Å². The molecule has 28 heavy (non-hydrogen) atoms. The van der Waals surface area contributed by atoms with Crippen LogP contribution in [0.25, 0.3) is 17.1 Å². The second-order valence-electron chi connectivity index (χ2n) is 6.40. The molecule has 2 heterocycles. The predicted octanol–water partition coefficient (Wildman–Crippen LogP) is 4.84. The Bertz CT molecular complexity index is 1070. The molecule has 0 aliphatic carbocycles. The highest BCUT2D eigenvalue weighted by atomic mass is 32.2. The lowest BCUT2D eigenvalue weighted by Gasteiger charge is -2.05. The highest BCUT2D eigenvalue weighted by Gasteiger charge is 2.10. The number of methoxy groups -OCH3 is 1. The normalized spacial score (nSPS) is 11.0. The molecule has 0 amide bonds. The topological polar surface area (TPSA) is 66.0 Å². The average molecular weight is 392 g/mol. The van der Waals surface area contributed by atoms with Crippen LogP contribution in [0.4, 0.5) is 0 Å². The zero-order chi connectivity index (χ0) is 19.5. The van der Waals surface area contributed by atoms with E-state index in [-0.39, 0.29) is 0 Å². The number of hydrogen-bond donors (Lipinski definition) is 0. The SMILES string of the molecule is COc1ccc(-c2nnc(SCc3ccc(-n4nc(C)cc4C)cc3)o2)cc1. The fourth-order valence-electron chi connectivity index (χ4n) is 2.89. The summed E-state index contributed by atoms with van der Waals surface area (Å²) in [6.07, 6.45) is 0. The van der Waals surface area contributed by atoms with E-state index in [9.17, 15) is 0 Å². The van der Waals surface area contributed by atoms with Gasteiger partial charge in [0, 0.05) is 17.0 Å². The minimum absolute atomic E-state index is 0.505. The van der Waals surface area contributed by atoms with Gasteiger partial charge in [-0.25, -0.2) is 4.68 Å². The van der Waals surface area contributed by atoms with Gasteiger partial charge in [0.05, 0.1) is 18.5 Å². The number of nitrogens with zero attached hydrogens (tertiary/aromatic N) is 4. The maximum Gasteiger partial charge on any atom is 0.277 e. The third kappa shape index (κ3) is 3.94. The molecule has 0 unspecified atom stereocenters. The maximum atomic E-state index is 5.76. The first kappa shape index (κ1) is 18.3. The van der Waals surface area contributed by atoms with Gasteiger partial charge in [-0.1, -0.05) is 23.9 Å². The van der Waals surface area contributed by atoms with E-state index in [2.05, 4.69) is 52.6 Å². The molecule has 0 fully saturated rings. The molecular formula is C21H20N4O2S. The standard InChI is InChI=1S/C21H20N4O2S/c1-14-12-15(2)25(24-14)18-8-4-16(5-9-18)13-28-21-23-22-20(27-21)17-6-10-19(26-3)11-7-17/h4-12H,13H2,1-3H3. The van der Waals surface area contributed by atoms with Crippen molar-refractivity contribution in [1.29, 1.82) is 0 Å². The summed E-state index contributed by atoms with van der Waals surface area (Å²) in [6.45, 7) is 4.05. The minimum Gasteiger partial charge on any atom is -0.497 e. The molecule has 6 nitrogen and oxygen atoms in total. The largest absolute Gasteiger partial charge is 0.497 e. The molecule has 0 radical (unpaired) electrons. The van der Waals surface area contributed by atoms with Crippen LogP contribution in [-0.4, -0.2) is 27.1 Å². The Balaban J connectivity index is 1.40. The third-order valence-corrected chi connectivity index (χ3v) is 5.19. The Kier molecular flexibility index (Phi) is 5.16. The smallest absolute Gasteiger partial charge is 0.277 e. The van der Waals surface area contributed by atoms with Gasteiger partial charge in [0.25, 0.3) is 5.22 Å². The first-order valence-corrected chi connectivity index (χ1v) is 9.84. The third-order valence-electron chi connectivity index (χ3n) is 4.30. The van der Waals surface area contributed by atoms with Gasteiger partial charge < -0.3 is 9.15 Å². The van der Waals surface area contributed by atoms with Crippen LogP contribution in [0.15, 0.2) is 64.2 Å². The van der Waals surface area contributed by atoms with E-state index in [1.807, 2.05) is 35.9 Å². The minimum atomic E-state index is 0.505. The first-order valence-electron chi connectivity index (χ1n) is 8.86. The van der Waals surface area contributed by atoms with Crippen LogP contribution in [0.2, 0.25) is 0 Å². The molecule has 0 aliphatic heterocycles. The quantitative estimate of drug-likeness (QED) is 0.438. The summed E-state index contributed by atoms with van der Waals surface area (Å²) in [6, 6.07) is 18.0. The van der Waals surface area contributed by atoms with E-state index in [4.69, 9.17) is 9.15 Å². The lowest BCUT2D eigenvalue weighted by atomic mass is 10.2. The van der Waals surface area contributed by atoms with E-state index in [0.717, 1.165) is 34.1 Å². The number of hydrogen-bond acceptors (Lipinski definition) is 6. The van der Waals surface area contributed by atoms with Gasteiger partial charge in [0.2, 0.25) is 5.89 Å². The van der Waals surface area contributed by atoms with Gasteiger partial charge in [-0.2, -0.15) is 5.10 Å². The molecule has 4 aromatic rings. The lowest BCUT2D eigenvalue weighted by Crippen LogP contribution is -1.98. The molecule has 0 bridgehead atoms. The Morgan fingerprint density at radius 3 is 2.39 bits per heavy atom. The Labute approximate surface area is 167 Å². The highest BCUT2D eigenvalue weighted by molar-refractivity contribution is 7.98. The van der Waals surface area contributed by atoms with E-state index in [1.165, 1.54) is 17.3 Å². The van der Waals surface area contributed by atoms with E-state index < -0.39 is 0 Å². The zero-order valence-electron chi connectivity index (χ0n) is 15.9. The molecule has 2 aromatic heterocycles. The average Bonchev–Trinajstić information content (AvgIpc) is 3.33. The van der Waals surface area contributed by atoms with Crippen molar-refractivity contribution in [2.75, 3.05) is 7.11 Å². The molecule has 2 aromatic carbocycles. The van der Waals surface area contributed by atoms with Gasteiger partial charge in [0.1, 0.15) is 5.75 Å². The summed E-state index contributed by atoms with van der Waals surface area (Å²) in [5.74, 6) is 2.05. The number of ether oxygens (including phenoxy) is 1. The summed E-state index contributed by atoms with van der Waals surface area (Å²) in [4.78, 5) is 0. The van der Waals surface area contributed by atoms with Crippen molar-refractivity contribution >= 4 is 11.8 Å². The van der Waals surface area contributed by atoms with Crippen molar-refractivity contribution in [3.05, 3.63) is 71.5 Å². The van der Waals surface area contributed by atoms with Gasteiger partial charge in [-0.3, -0.25) is 0 Å². The van der Waals surface area contributed by atoms with Gasteiger partial charge in [0.15, 0.2) is 0 Å². The molecule has 7 heteroatoms. The molecule has 0 atom stereocenters. The van der Waals surface area contributed by atoms with E-state index in [0.29, 0.717) is 11.1 Å². The number of benzene rings is 2. The summed E-state index contributed by atoms with van der Waals surface area (Å²) in [7, 11) is 1.64. The number of rotatable bonds is 6. The van der Waals surface area contributed by atoms with Crippen molar-refractivity contribution in [1.82, 2.24) is 20.0 Å². The predicted molar refractivity (Wildman–Crippen MR) is 109 cm³/mol. The summed E-state index contributed by atoms with van der Waals surface area (Å²) < 4.78 is 12.9. The molecule has 142 valence electrons. The van der Waals surface area contributed by atoms with E-state index in [1.54, 1.807) is 7.11 Å². The fraction of sp³-hybridized carbons (Fsp3) is 0.190. The summed E-state index contributed by atoms with van der Waals surface area (Å²) >= 11 is 1.52. The van der Waals surface area contributed by atoms with Crippen molar-refractivity contribution in [2.45, 2.75) is 24.8 Å². The molecule has 0 saturated heterocycles. The van der Waals surface area contributed by atoms with Crippen LogP contribution in [0.3, 0.4) is 0 Å². The van der Waals surface area contributed by atoms with Crippen LogP contribution in [0, 0.1) is 13.8 Å². The first-order chi connectivity index (χ1) is 13.6. The van der Waals surface area contributed by atoms with Crippen LogP contribution in [0.5, 0.6) is 5.75 Å². The van der Waals surface area contributed by atoms with Crippen molar-refractivity contribution in [3.8, 4) is 22.9 Å². The highest BCUT2D eigenvalue weighted by Crippen LogP contribution is 2.27. The molecule has 0 aliphatic rings. The van der Waals surface area contributed by atoms with Crippen molar-refractivity contribution in [3.63, 3.8) is 0 Å². The van der Waals surface area contributed by atoms with Gasteiger partial charge >= 0.3 is 0 Å². The van der Waals surface area contributed by atoms with Crippen LogP contribution in [0.1, 0.15) is 17.0 Å². The molecule has 0 spiro atoms. The van der Waals surface area contributed by atoms with Crippen LogP contribution in [-0.2, 0) is 5.75 Å². The number of aromatic nitrogens is 4. The van der Waals surface area contributed by atoms with Gasteiger partial charge in [-0.15, -0.1) is 10.2 Å². The molecular weight excluding hydrogens is 372 g/mol. The van der Waals surface area contributed by atoms with Crippen LogP contribution < -0.4 is 4.74 Å². The Hall–Kier alpha value is -3.06. The Morgan fingerprint density at radius 2 is 1.75 bits per heavy atom. The van der Waals surface area contributed by atoms with E-state index >= 15 is 0 Å². The Morgan fingerprint density at radius 1 is 1.00 bits per heavy atom. The second-order valence-corrected chi connectivity index (χ2v) is 7.32. The maximum absolute atomic E-state index is 5.76. The molecule has 0 saturated carbocycles. The number of aryl methyl sites for hydroxylation is 2.